The van der Waals surface area contributed by atoms with Gasteiger partial charge in [0.25, 0.3) is 0 Å². The van der Waals surface area contributed by atoms with Gasteiger partial charge in [-0.1, -0.05) is 6.07 Å². The number of hydrogen-bond donors (Lipinski definition) is 0. The van der Waals surface area contributed by atoms with Crippen molar-refractivity contribution < 1.29 is 12.8 Å². The van der Waals surface area contributed by atoms with Crippen molar-refractivity contribution in [2.75, 3.05) is 26.2 Å². The van der Waals surface area contributed by atoms with Crippen molar-refractivity contribution in [1.29, 1.82) is 0 Å². The molecule has 1 spiro atoms. The van der Waals surface area contributed by atoms with E-state index in [1.807, 2.05) is 25.1 Å². The highest BCUT2D eigenvalue weighted by molar-refractivity contribution is 7.89. The van der Waals surface area contributed by atoms with Crippen molar-refractivity contribution in [1.82, 2.24) is 14.2 Å². The first-order valence-electron chi connectivity index (χ1n) is 9.77. The summed E-state index contributed by atoms with van der Waals surface area (Å²) in [6.07, 6.45) is 2.97. The highest BCUT2D eigenvalue weighted by Gasteiger charge is 2.45. The number of hydrogen-bond acceptors (Lipinski definition) is 4. The molecule has 2 aliphatic heterocycles. The molecule has 0 unspecified atom stereocenters. The predicted octanol–water partition coefficient (Wildman–Crippen LogP) is 3.21. The van der Waals surface area contributed by atoms with Gasteiger partial charge in [-0.05, 0) is 74.5 Å². The largest absolute Gasteiger partial charge is 0.297 e. The monoisotopic (exact) mass is 403 g/mol. The van der Waals surface area contributed by atoms with E-state index < -0.39 is 15.8 Å². The fraction of sp³-hybridized carbons (Fsp3) is 0.476. The van der Waals surface area contributed by atoms with E-state index >= 15 is 0 Å². The van der Waals surface area contributed by atoms with Crippen LogP contribution in [-0.4, -0.2) is 48.8 Å². The van der Waals surface area contributed by atoms with Crippen LogP contribution in [0.15, 0.2) is 47.4 Å². The maximum absolute atomic E-state index is 13.2. The molecule has 150 valence electrons. The molecule has 28 heavy (non-hydrogen) atoms. The van der Waals surface area contributed by atoms with Crippen molar-refractivity contribution in [3.05, 3.63) is 59.7 Å². The number of rotatable bonds is 4. The van der Waals surface area contributed by atoms with E-state index in [4.69, 9.17) is 0 Å². The Bertz CT molecular complexity index is 948. The van der Waals surface area contributed by atoms with Crippen molar-refractivity contribution in [2.45, 2.75) is 37.6 Å². The summed E-state index contributed by atoms with van der Waals surface area (Å²) in [5.41, 5.74) is 2.07. The van der Waals surface area contributed by atoms with Crippen LogP contribution in [0.5, 0.6) is 0 Å². The maximum Gasteiger partial charge on any atom is 0.243 e. The highest BCUT2D eigenvalue weighted by atomic mass is 32.2. The normalized spacial score (nSPS) is 24.1. The molecule has 2 fully saturated rings. The van der Waals surface area contributed by atoms with Crippen molar-refractivity contribution in [3.63, 3.8) is 0 Å². The first-order valence-corrected chi connectivity index (χ1v) is 11.2. The fourth-order valence-electron chi connectivity index (χ4n) is 4.55. The van der Waals surface area contributed by atoms with E-state index in [1.165, 1.54) is 24.3 Å². The molecule has 2 aromatic rings. The Labute approximate surface area is 166 Å². The number of likely N-dealkylation sites (tertiary alicyclic amines) is 1. The zero-order chi connectivity index (χ0) is 19.8. The van der Waals surface area contributed by atoms with Crippen LogP contribution in [0, 0.1) is 18.2 Å². The summed E-state index contributed by atoms with van der Waals surface area (Å²) in [6, 6.07) is 11.2. The zero-order valence-corrected chi connectivity index (χ0v) is 17.0. The van der Waals surface area contributed by atoms with Crippen LogP contribution in [0.3, 0.4) is 0 Å². The first kappa shape index (κ1) is 19.5. The van der Waals surface area contributed by atoms with Gasteiger partial charge in [0, 0.05) is 31.9 Å². The van der Waals surface area contributed by atoms with Crippen molar-refractivity contribution in [2.24, 2.45) is 5.41 Å². The lowest BCUT2D eigenvalue weighted by Gasteiger charge is -2.40. The van der Waals surface area contributed by atoms with Crippen LogP contribution in [0.1, 0.15) is 30.7 Å². The standard InChI is InChI=1S/C21H26FN3O2S/c1-17-4-2-5-19(23-17)14-24-12-3-10-21(15-24)11-13-25(16-21)28(26,27)20-8-6-18(22)7-9-20/h2,4-9H,3,10-16H2,1H3/t21-/m0/s1. The smallest absolute Gasteiger partial charge is 0.243 e. The maximum atomic E-state index is 13.2. The number of nitrogens with zero attached hydrogens (tertiary/aromatic N) is 3. The van der Waals surface area contributed by atoms with Crippen LogP contribution in [0.4, 0.5) is 4.39 Å². The van der Waals surface area contributed by atoms with E-state index in [-0.39, 0.29) is 10.3 Å². The summed E-state index contributed by atoms with van der Waals surface area (Å²) in [7, 11) is -3.58. The van der Waals surface area contributed by atoms with Crippen LogP contribution >= 0.6 is 0 Å². The summed E-state index contributed by atoms with van der Waals surface area (Å²) < 4.78 is 40.7. The number of aryl methyl sites for hydroxylation is 1. The predicted molar refractivity (Wildman–Crippen MR) is 106 cm³/mol. The van der Waals surface area contributed by atoms with Gasteiger partial charge >= 0.3 is 0 Å². The van der Waals surface area contributed by atoms with Gasteiger partial charge in [0.05, 0.1) is 10.6 Å². The van der Waals surface area contributed by atoms with Crippen LogP contribution in [0.25, 0.3) is 0 Å². The average molecular weight is 404 g/mol. The molecule has 0 amide bonds. The van der Waals surface area contributed by atoms with Gasteiger partial charge < -0.3 is 0 Å². The van der Waals surface area contributed by atoms with E-state index in [2.05, 4.69) is 9.88 Å². The van der Waals surface area contributed by atoms with Gasteiger partial charge in [0.2, 0.25) is 10.0 Å². The van der Waals surface area contributed by atoms with Gasteiger partial charge in [0.15, 0.2) is 0 Å². The lowest BCUT2D eigenvalue weighted by molar-refractivity contribution is 0.0925. The summed E-state index contributed by atoms with van der Waals surface area (Å²) in [5.74, 6) is -0.426. The van der Waals surface area contributed by atoms with Crippen LogP contribution in [-0.2, 0) is 16.6 Å². The molecule has 0 bridgehead atoms. The molecule has 0 N–H and O–H groups in total. The minimum absolute atomic E-state index is 0.00479. The van der Waals surface area contributed by atoms with Crippen LogP contribution in [0.2, 0.25) is 0 Å². The number of sulfonamides is 1. The molecule has 1 aromatic heterocycles. The molecule has 1 atom stereocenters. The molecule has 2 saturated heterocycles. The Hall–Kier alpha value is -1.83. The van der Waals surface area contributed by atoms with Crippen molar-refractivity contribution in [3.8, 4) is 0 Å². The third kappa shape index (κ3) is 3.97. The molecule has 3 heterocycles. The Morgan fingerprint density at radius 1 is 1.07 bits per heavy atom. The molecule has 1 aromatic carbocycles. The average Bonchev–Trinajstić information content (AvgIpc) is 3.06. The summed E-state index contributed by atoms with van der Waals surface area (Å²) >= 11 is 0. The number of halogens is 1. The molecular formula is C21H26FN3O2S. The fourth-order valence-corrected chi connectivity index (χ4v) is 6.10. The van der Waals surface area contributed by atoms with Gasteiger partial charge in [-0.15, -0.1) is 0 Å². The number of pyridine rings is 1. The third-order valence-corrected chi connectivity index (χ3v) is 7.79. The lowest BCUT2D eigenvalue weighted by atomic mass is 9.79. The first-order chi connectivity index (χ1) is 13.4. The molecule has 0 saturated carbocycles. The second-order valence-electron chi connectivity index (χ2n) is 8.13. The molecule has 0 aliphatic carbocycles. The molecule has 4 rings (SSSR count). The van der Waals surface area contributed by atoms with E-state index in [9.17, 15) is 12.8 Å². The quantitative estimate of drug-likeness (QED) is 0.787. The number of piperidine rings is 1. The minimum atomic E-state index is -3.58. The molecular weight excluding hydrogens is 377 g/mol. The topological polar surface area (TPSA) is 53.5 Å². The van der Waals surface area contributed by atoms with Gasteiger partial charge in [-0.3, -0.25) is 9.88 Å². The summed E-state index contributed by atoms with van der Waals surface area (Å²) in [5, 5.41) is 0. The molecule has 2 aliphatic rings. The van der Waals surface area contributed by atoms with E-state index in [1.54, 1.807) is 4.31 Å². The SMILES string of the molecule is Cc1cccc(CN2CCC[C@]3(CCN(S(=O)(=O)c4ccc(F)cc4)C3)C2)n1. The summed E-state index contributed by atoms with van der Waals surface area (Å²) in [6.45, 7) is 5.76. The Morgan fingerprint density at radius 3 is 2.61 bits per heavy atom. The lowest BCUT2D eigenvalue weighted by Crippen LogP contribution is -2.45. The second kappa shape index (κ2) is 7.54. The Balaban J connectivity index is 1.46. The third-order valence-electron chi connectivity index (χ3n) is 5.93. The molecule has 7 heteroatoms. The van der Waals surface area contributed by atoms with Crippen molar-refractivity contribution >= 4 is 10.0 Å². The molecule has 0 radical (unpaired) electrons. The summed E-state index contributed by atoms with van der Waals surface area (Å²) in [4.78, 5) is 7.18. The van der Waals surface area contributed by atoms with Gasteiger partial charge in [-0.25, -0.2) is 12.8 Å². The van der Waals surface area contributed by atoms with Gasteiger partial charge in [-0.2, -0.15) is 4.31 Å². The number of aromatic nitrogens is 1. The van der Waals surface area contributed by atoms with E-state index in [0.29, 0.717) is 13.1 Å². The Kier molecular flexibility index (Phi) is 5.24. The number of benzene rings is 1. The Morgan fingerprint density at radius 2 is 1.86 bits per heavy atom. The van der Waals surface area contributed by atoms with E-state index in [0.717, 1.165) is 50.3 Å². The van der Waals surface area contributed by atoms with Gasteiger partial charge in [0.1, 0.15) is 5.82 Å². The highest BCUT2D eigenvalue weighted by Crippen LogP contribution is 2.41. The second-order valence-corrected chi connectivity index (χ2v) is 10.1. The zero-order valence-electron chi connectivity index (χ0n) is 16.1. The molecule has 5 nitrogen and oxygen atoms in total. The minimum Gasteiger partial charge on any atom is -0.297 e. The van der Waals surface area contributed by atoms with Crippen LogP contribution < -0.4 is 0 Å².